The second kappa shape index (κ2) is 12.2. The van der Waals surface area contributed by atoms with Crippen LogP contribution in [0.25, 0.3) is 11.0 Å². The smallest absolute Gasteiger partial charge is 0.191 e. The Kier molecular flexibility index (Phi) is 10.7. The van der Waals surface area contributed by atoms with Gasteiger partial charge in [0.05, 0.1) is 17.6 Å². The number of nitrogens with one attached hydrogen (secondary N) is 3. The van der Waals surface area contributed by atoms with Crippen molar-refractivity contribution in [3.63, 3.8) is 0 Å². The highest BCUT2D eigenvalue weighted by Crippen LogP contribution is 2.10. The fourth-order valence-electron chi connectivity index (χ4n) is 3.16. The summed E-state index contributed by atoms with van der Waals surface area (Å²) >= 11 is 0. The Bertz CT molecular complexity index is 654. The molecular weight excluding hydrogens is 451 g/mol. The maximum absolute atomic E-state index is 4.71. The van der Waals surface area contributed by atoms with Gasteiger partial charge in [0.15, 0.2) is 5.96 Å². The Morgan fingerprint density at radius 2 is 1.85 bits per heavy atom. The average molecular weight is 486 g/mol. The molecule has 0 fully saturated rings. The number of nitrogens with zero attached hydrogens (tertiary/aromatic N) is 3. The molecule has 0 unspecified atom stereocenters. The molecule has 27 heavy (non-hydrogen) atoms. The van der Waals surface area contributed by atoms with E-state index in [4.69, 9.17) is 4.99 Å². The Morgan fingerprint density at radius 3 is 2.48 bits per heavy atom. The van der Waals surface area contributed by atoms with Gasteiger partial charge in [0.1, 0.15) is 5.82 Å². The second-order valence-corrected chi connectivity index (χ2v) is 7.06. The molecule has 0 bridgehead atoms. The molecule has 3 N–H and O–H groups in total. The minimum atomic E-state index is 0. The van der Waals surface area contributed by atoms with E-state index in [-0.39, 0.29) is 24.0 Å². The van der Waals surface area contributed by atoms with Crippen molar-refractivity contribution in [2.24, 2.45) is 4.99 Å². The summed E-state index contributed by atoms with van der Waals surface area (Å²) in [6.45, 7) is 14.4. The molecule has 1 heterocycles. The van der Waals surface area contributed by atoms with Crippen molar-refractivity contribution in [3.8, 4) is 0 Å². The van der Waals surface area contributed by atoms with Crippen molar-refractivity contribution in [2.75, 3.05) is 26.2 Å². The Morgan fingerprint density at radius 1 is 1.15 bits per heavy atom. The first-order valence-corrected chi connectivity index (χ1v) is 9.72. The SMILES string of the molecule is CCNC(=NCCN(C(C)C)C(C)C)NCCc1nc2ccccc2[nH]1.I. The van der Waals surface area contributed by atoms with Crippen LogP contribution in [0.15, 0.2) is 29.3 Å². The van der Waals surface area contributed by atoms with Gasteiger partial charge in [-0.25, -0.2) is 4.98 Å². The number of fused-ring (bicyclic) bond motifs is 1. The van der Waals surface area contributed by atoms with Crippen molar-refractivity contribution in [1.82, 2.24) is 25.5 Å². The van der Waals surface area contributed by atoms with E-state index in [1.54, 1.807) is 0 Å². The first kappa shape index (κ1) is 23.7. The van der Waals surface area contributed by atoms with Crippen molar-refractivity contribution < 1.29 is 0 Å². The van der Waals surface area contributed by atoms with Crippen molar-refractivity contribution in [3.05, 3.63) is 30.1 Å². The number of H-pyrrole nitrogens is 1. The maximum atomic E-state index is 4.71. The number of hydrogen-bond donors (Lipinski definition) is 3. The third kappa shape index (κ3) is 7.65. The molecule has 0 spiro atoms. The van der Waals surface area contributed by atoms with Crippen molar-refractivity contribution in [1.29, 1.82) is 0 Å². The summed E-state index contributed by atoms with van der Waals surface area (Å²) < 4.78 is 0. The lowest BCUT2D eigenvalue weighted by molar-refractivity contribution is 0.181. The van der Waals surface area contributed by atoms with Gasteiger partial charge in [-0.15, -0.1) is 24.0 Å². The Hall–Kier alpha value is -1.35. The summed E-state index contributed by atoms with van der Waals surface area (Å²) in [7, 11) is 0. The molecule has 6 nitrogen and oxygen atoms in total. The molecule has 0 atom stereocenters. The summed E-state index contributed by atoms with van der Waals surface area (Å²) in [4.78, 5) is 15.2. The Balaban J connectivity index is 0.00000364. The minimum Gasteiger partial charge on any atom is -0.357 e. The van der Waals surface area contributed by atoms with E-state index in [1.165, 1.54) is 0 Å². The summed E-state index contributed by atoms with van der Waals surface area (Å²) in [6, 6.07) is 9.20. The van der Waals surface area contributed by atoms with Gasteiger partial charge in [-0.1, -0.05) is 12.1 Å². The van der Waals surface area contributed by atoms with E-state index in [0.717, 1.165) is 55.4 Å². The second-order valence-electron chi connectivity index (χ2n) is 7.06. The molecule has 152 valence electrons. The molecule has 1 aromatic heterocycles. The van der Waals surface area contributed by atoms with E-state index in [9.17, 15) is 0 Å². The van der Waals surface area contributed by atoms with E-state index < -0.39 is 0 Å². The topological polar surface area (TPSA) is 68.3 Å². The van der Waals surface area contributed by atoms with Gasteiger partial charge in [0.2, 0.25) is 0 Å². The van der Waals surface area contributed by atoms with Gasteiger partial charge in [-0.3, -0.25) is 9.89 Å². The molecule has 0 aliphatic rings. The van der Waals surface area contributed by atoms with Gasteiger partial charge in [-0.2, -0.15) is 0 Å². The van der Waals surface area contributed by atoms with Gasteiger partial charge in [0, 0.05) is 38.1 Å². The molecular formula is C20H35IN6. The maximum Gasteiger partial charge on any atom is 0.191 e. The summed E-state index contributed by atoms with van der Waals surface area (Å²) in [5, 5.41) is 6.72. The van der Waals surface area contributed by atoms with Crippen LogP contribution in [0.3, 0.4) is 0 Å². The number of halogens is 1. The number of guanidine groups is 1. The van der Waals surface area contributed by atoms with Crippen LogP contribution >= 0.6 is 24.0 Å². The quantitative estimate of drug-likeness (QED) is 0.289. The fourth-order valence-corrected chi connectivity index (χ4v) is 3.16. The van der Waals surface area contributed by atoms with Crippen LogP contribution < -0.4 is 10.6 Å². The number of aromatic nitrogens is 2. The van der Waals surface area contributed by atoms with E-state index >= 15 is 0 Å². The third-order valence-electron chi connectivity index (χ3n) is 4.39. The number of hydrogen-bond acceptors (Lipinski definition) is 3. The third-order valence-corrected chi connectivity index (χ3v) is 4.39. The normalized spacial score (nSPS) is 12.1. The fraction of sp³-hybridized carbons (Fsp3) is 0.600. The van der Waals surface area contributed by atoms with Crippen molar-refractivity contribution in [2.45, 2.75) is 53.1 Å². The molecule has 0 amide bonds. The highest BCUT2D eigenvalue weighted by Gasteiger charge is 2.12. The van der Waals surface area contributed by atoms with Gasteiger partial charge >= 0.3 is 0 Å². The summed E-state index contributed by atoms with van der Waals surface area (Å²) in [5.74, 6) is 1.87. The minimum absolute atomic E-state index is 0. The van der Waals surface area contributed by atoms with Gasteiger partial charge < -0.3 is 15.6 Å². The highest BCUT2D eigenvalue weighted by atomic mass is 127. The zero-order valence-corrected chi connectivity index (χ0v) is 19.6. The molecule has 2 rings (SSSR count). The molecule has 2 aromatic rings. The molecule has 7 heteroatoms. The predicted molar refractivity (Wildman–Crippen MR) is 126 cm³/mol. The van der Waals surface area contributed by atoms with Crippen LogP contribution in [0, 0.1) is 0 Å². The van der Waals surface area contributed by atoms with Gasteiger partial charge in [0.25, 0.3) is 0 Å². The van der Waals surface area contributed by atoms with E-state index in [2.05, 4.69) is 66.2 Å². The van der Waals surface area contributed by atoms with Crippen LogP contribution in [-0.2, 0) is 6.42 Å². The summed E-state index contributed by atoms with van der Waals surface area (Å²) in [5.41, 5.74) is 2.11. The lowest BCUT2D eigenvalue weighted by Crippen LogP contribution is -2.41. The number of para-hydroxylation sites is 2. The number of aromatic amines is 1. The van der Waals surface area contributed by atoms with Crippen LogP contribution in [-0.4, -0.2) is 59.1 Å². The highest BCUT2D eigenvalue weighted by molar-refractivity contribution is 14.0. The number of rotatable bonds is 9. The van der Waals surface area contributed by atoms with E-state index in [0.29, 0.717) is 12.1 Å². The number of imidazole rings is 1. The standard InChI is InChI=1S/C20H34N6.HI/c1-6-21-20(23-13-14-26(15(2)3)16(4)5)22-12-11-19-24-17-9-7-8-10-18(17)25-19;/h7-10,15-16H,6,11-14H2,1-5H3,(H,24,25)(H2,21,22,23);1H. The first-order chi connectivity index (χ1) is 12.5. The molecule has 0 saturated carbocycles. The lowest BCUT2D eigenvalue weighted by atomic mass is 10.2. The van der Waals surface area contributed by atoms with Crippen molar-refractivity contribution >= 4 is 41.0 Å². The van der Waals surface area contributed by atoms with Crippen LogP contribution in [0.1, 0.15) is 40.4 Å². The predicted octanol–water partition coefficient (Wildman–Crippen LogP) is 3.40. The molecule has 0 aliphatic heterocycles. The van der Waals surface area contributed by atoms with Crippen LogP contribution in [0.4, 0.5) is 0 Å². The number of aliphatic imine (C=N–C) groups is 1. The van der Waals surface area contributed by atoms with Crippen LogP contribution in [0.5, 0.6) is 0 Å². The van der Waals surface area contributed by atoms with Gasteiger partial charge in [-0.05, 0) is 46.8 Å². The number of benzene rings is 1. The molecule has 1 aromatic carbocycles. The molecule has 0 saturated heterocycles. The average Bonchev–Trinajstić information content (AvgIpc) is 3.00. The zero-order valence-electron chi connectivity index (χ0n) is 17.2. The zero-order chi connectivity index (χ0) is 18.9. The monoisotopic (exact) mass is 486 g/mol. The molecule has 0 radical (unpaired) electrons. The molecule has 0 aliphatic carbocycles. The largest absolute Gasteiger partial charge is 0.357 e. The summed E-state index contributed by atoms with van der Waals surface area (Å²) in [6.07, 6.45) is 0.837. The lowest BCUT2D eigenvalue weighted by Gasteiger charge is -2.29. The Labute approximate surface area is 180 Å². The van der Waals surface area contributed by atoms with E-state index in [1.807, 2.05) is 18.2 Å². The van der Waals surface area contributed by atoms with Crippen LogP contribution in [0.2, 0.25) is 0 Å². The first-order valence-electron chi connectivity index (χ1n) is 9.72.